The number of hydrogen-bond donors (Lipinski definition) is 2. The second kappa shape index (κ2) is 14.2. The molecule has 1 saturated heterocycles. The van der Waals surface area contributed by atoms with Gasteiger partial charge in [-0.1, -0.05) is 48.9 Å². The zero-order valence-electron chi connectivity index (χ0n) is 29.6. The Morgan fingerprint density at radius 2 is 1.94 bits per heavy atom. The smallest absolute Gasteiger partial charge is 0.262 e. The van der Waals surface area contributed by atoms with Crippen molar-refractivity contribution in [3.63, 3.8) is 0 Å². The number of nitrogens with zero attached hydrogens (tertiary/aromatic N) is 2. The van der Waals surface area contributed by atoms with E-state index in [0.29, 0.717) is 38.2 Å². The van der Waals surface area contributed by atoms with Gasteiger partial charge in [0, 0.05) is 40.3 Å². The van der Waals surface area contributed by atoms with Crippen LogP contribution in [0.4, 0.5) is 5.69 Å². The molecule has 0 aromatic heterocycles. The summed E-state index contributed by atoms with van der Waals surface area (Å²) in [6, 6.07) is 11.8. The molecule has 9 heteroatoms. The molecule has 50 heavy (non-hydrogen) atoms. The van der Waals surface area contributed by atoms with E-state index in [1.807, 2.05) is 44.2 Å². The quantitative estimate of drug-likeness (QED) is 0.202. The molecule has 5 aliphatic rings. The molecule has 3 heterocycles. The molecule has 2 bridgehead atoms. The highest BCUT2D eigenvalue weighted by Crippen LogP contribution is 2.48. The molecule has 0 radical (unpaired) electrons. The minimum Gasteiger partial charge on any atom is -0.490 e. The highest BCUT2D eigenvalue weighted by molar-refractivity contribution is 7.99. The lowest BCUT2D eigenvalue weighted by Crippen LogP contribution is -2.52. The standard InChI is InChI=1S/C41H52ClN3O4S/c1-29-10-7-19-41(47,20-9-23-44-21-5-4-6-22-44)36-15-12-33(36)26-45-27-40(18-8-11-31-24-34(42)14-16-35(31)40)28-49-38-17-13-32(25-37(38)45)39(46)43-50(3,48)30(29)2/h7,13-14,16-17,19,24-25,29-30,33,36,47H,3-6,8,10-12,15,18,21-23,26-28H2,1-2H3,(H,43,46,48)/b19-7+/t29-,30+,33-,36+,40-,41-,50?/m0/s1. The van der Waals surface area contributed by atoms with Crippen molar-refractivity contribution in [1.82, 2.24) is 9.62 Å². The van der Waals surface area contributed by atoms with Crippen LogP contribution in [0.15, 0.2) is 48.6 Å². The first-order chi connectivity index (χ1) is 24.0. The molecule has 3 aliphatic heterocycles. The van der Waals surface area contributed by atoms with Crippen LogP contribution in [0.25, 0.3) is 0 Å². The minimum atomic E-state index is -2.99. The summed E-state index contributed by atoms with van der Waals surface area (Å²) < 4.78 is 23.4. The molecule has 2 N–H and O–H groups in total. The highest BCUT2D eigenvalue weighted by Gasteiger charge is 2.47. The molecule has 7 nitrogen and oxygen atoms in total. The topological polar surface area (TPSA) is 82.1 Å². The number of benzene rings is 2. The van der Waals surface area contributed by atoms with Crippen LogP contribution in [0.3, 0.4) is 0 Å². The number of carbonyl (C=O) groups excluding carboxylic acids is 1. The Kier molecular flexibility index (Phi) is 10.1. The van der Waals surface area contributed by atoms with Gasteiger partial charge in [-0.3, -0.25) is 14.4 Å². The number of carbonyl (C=O) groups is 1. The van der Waals surface area contributed by atoms with Gasteiger partial charge in [0.25, 0.3) is 5.91 Å². The van der Waals surface area contributed by atoms with Gasteiger partial charge in [-0.15, -0.1) is 0 Å². The zero-order chi connectivity index (χ0) is 35.1. The maximum absolute atomic E-state index is 13.9. The van der Waals surface area contributed by atoms with E-state index in [1.165, 1.54) is 30.4 Å². The van der Waals surface area contributed by atoms with E-state index < -0.39 is 21.2 Å². The molecule has 2 aromatic carbocycles. The van der Waals surface area contributed by atoms with Crippen molar-refractivity contribution < 1.29 is 18.8 Å². The maximum Gasteiger partial charge on any atom is 0.262 e. The van der Waals surface area contributed by atoms with Gasteiger partial charge in [-0.05, 0) is 137 Å². The van der Waals surface area contributed by atoms with E-state index in [1.54, 1.807) is 6.07 Å². The fraction of sp³-hybridized carbons (Fsp3) is 0.561. The Morgan fingerprint density at radius 1 is 1.12 bits per heavy atom. The number of halogens is 1. The summed E-state index contributed by atoms with van der Waals surface area (Å²) in [5, 5.41) is 12.8. The number of amides is 1. The second-order valence-corrected chi connectivity index (χ2v) is 18.5. The zero-order valence-corrected chi connectivity index (χ0v) is 31.2. The number of likely N-dealkylation sites (tertiary alicyclic amines) is 1. The van der Waals surface area contributed by atoms with Crippen molar-refractivity contribution in [3.05, 3.63) is 70.3 Å². The van der Waals surface area contributed by atoms with Crippen LogP contribution >= 0.6 is 11.6 Å². The van der Waals surface area contributed by atoms with Crippen molar-refractivity contribution in [3.8, 4) is 17.6 Å². The van der Waals surface area contributed by atoms with Gasteiger partial charge < -0.3 is 14.7 Å². The van der Waals surface area contributed by atoms with Crippen LogP contribution in [0.1, 0.15) is 86.7 Å². The molecular formula is C41H52ClN3O4S. The first kappa shape index (κ1) is 35.4. The van der Waals surface area contributed by atoms with Crippen LogP contribution < -0.4 is 14.4 Å². The third kappa shape index (κ3) is 7.08. The molecule has 7 atom stereocenters. The number of aliphatic hydroxyl groups is 1. The fourth-order valence-corrected chi connectivity index (χ4v) is 10.6. The van der Waals surface area contributed by atoms with Gasteiger partial charge in [-0.25, -0.2) is 4.21 Å². The summed E-state index contributed by atoms with van der Waals surface area (Å²) in [5.41, 5.74) is 2.28. The molecule has 1 amide bonds. The molecular weight excluding hydrogens is 666 g/mol. The second-order valence-electron chi connectivity index (χ2n) is 15.7. The Balaban J connectivity index is 1.29. The van der Waals surface area contributed by atoms with Crippen molar-refractivity contribution >= 4 is 38.8 Å². The minimum absolute atomic E-state index is 0.0437. The predicted molar refractivity (Wildman–Crippen MR) is 205 cm³/mol. The Hall–Kier alpha value is -2.96. The number of allylic oxidation sites excluding steroid dienone is 1. The molecule has 2 fully saturated rings. The molecule has 1 spiro atoms. The molecule has 268 valence electrons. The molecule has 2 aliphatic carbocycles. The predicted octanol–water partition coefficient (Wildman–Crippen LogP) is 6.41. The summed E-state index contributed by atoms with van der Waals surface area (Å²) in [6.07, 6.45) is 13.0. The van der Waals surface area contributed by atoms with Gasteiger partial charge in [0.2, 0.25) is 0 Å². The van der Waals surface area contributed by atoms with E-state index in [-0.39, 0.29) is 28.4 Å². The number of nitrogens with one attached hydrogen (secondary N) is 1. The number of anilines is 1. The van der Waals surface area contributed by atoms with Crippen LogP contribution in [-0.4, -0.2) is 76.2 Å². The lowest BCUT2D eigenvalue weighted by atomic mass is 9.64. The van der Waals surface area contributed by atoms with Crippen LogP contribution in [0.2, 0.25) is 5.02 Å². The van der Waals surface area contributed by atoms with E-state index in [0.717, 1.165) is 61.7 Å². The van der Waals surface area contributed by atoms with Crippen molar-refractivity contribution in [1.29, 1.82) is 0 Å². The monoisotopic (exact) mass is 717 g/mol. The summed E-state index contributed by atoms with van der Waals surface area (Å²) in [4.78, 5) is 18.5. The van der Waals surface area contributed by atoms with Gasteiger partial charge >= 0.3 is 0 Å². The summed E-state index contributed by atoms with van der Waals surface area (Å²) in [6.45, 7) is 8.59. The lowest BCUT2D eigenvalue weighted by molar-refractivity contribution is -0.00329. The summed E-state index contributed by atoms with van der Waals surface area (Å²) in [5.74, 6) is 11.2. The third-order valence-electron chi connectivity index (χ3n) is 12.3. The largest absolute Gasteiger partial charge is 0.490 e. The molecule has 7 rings (SSSR count). The van der Waals surface area contributed by atoms with E-state index >= 15 is 0 Å². The van der Waals surface area contributed by atoms with E-state index in [2.05, 4.69) is 44.4 Å². The number of ether oxygens (including phenoxy) is 1. The maximum atomic E-state index is 13.9. The number of piperidine rings is 1. The van der Waals surface area contributed by atoms with Gasteiger partial charge in [0.1, 0.15) is 11.4 Å². The normalized spacial score (nSPS) is 35.2. The third-order valence-corrected chi connectivity index (χ3v) is 14.8. The number of aryl methyl sites for hydroxylation is 1. The Bertz CT molecular complexity index is 1810. The number of fused-ring (bicyclic) bond motifs is 4. The van der Waals surface area contributed by atoms with Crippen molar-refractivity contribution in [2.45, 2.75) is 87.9 Å². The molecule has 1 unspecified atom stereocenters. The fourth-order valence-electron chi connectivity index (χ4n) is 8.91. The SMILES string of the molecule is C=S1(=O)NC(=O)c2ccc3c(c2)N(C[C@@H]2CC[C@H]2[C@@](O)(C#CCN2CCCCC2)/C=C/C[C@H](C)[C@H]1C)C[C@@]1(CCCc2cc(Cl)ccc21)CO3. The summed E-state index contributed by atoms with van der Waals surface area (Å²) in [7, 11) is -2.99. The Labute approximate surface area is 303 Å². The van der Waals surface area contributed by atoms with Gasteiger partial charge in [0.15, 0.2) is 0 Å². The van der Waals surface area contributed by atoms with Crippen LogP contribution in [0, 0.1) is 29.6 Å². The average Bonchev–Trinajstić information content (AvgIpc) is 3.22. The number of rotatable bonds is 1. The van der Waals surface area contributed by atoms with E-state index in [4.69, 9.17) is 16.3 Å². The van der Waals surface area contributed by atoms with Crippen LogP contribution in [0.5, 0.6) is 5.75 Å². The van der Waals surface area contributed by atoms with Gasteiger partial charge in [0.05, 0.1) is 28.5 Å². The molecule has 1 saturated carbocycles. The molecule has 2 aromatic rings. The average molecular weight is 718 g/mol. The van der Waals surface area contributed by atoms with E-state index in [9.17, 15) is 14.1 Å². The van der Waals surface area contributed by atoms with Crippen molar-refractivity contribution in [2.24, 2.45) is 17.8 Å². The van der Waals surface area contributed by atoms with Gasteiger partial charge in [-0.2, -0.15) is 0 Å². The van der Waals surface area contributed by atoms with Crippen molar-refractivity contribution in [2.75, 3.05) is 44.2 Å². The Morgan fingerprint density at radius 3 is 2.72 bits per heavy atom. The first-order valence-electron chi connectivity index (χ1n) is 18.6. The highest BCUT2D eigenvalue weighted by atomic mass is 35.5. The first-order valence-corrected chi connectivity index (χ1v) is 20.7. The summed E-state index contributed by atoms with van der Waals surface area (Å²) >= 11 is 6.47. The van der Waals surface area contributed by atoms with Crippen LogP contribution in [-0.2, 0) is 21.5 Å². The lowest BCUT2D eigenvalue weighted by Gasteiger charge is -2.47. The number of hydrogen-bond acceptors (Lipinski definition) is 6.